The van der Waals surface area contributed by atoms with Gasteiger partial charge in [0.2, 0.25) is 0 Å². The van der Waals surface area contributed by atoms with Crippen LogP contribution in [0.1, 0.15) is 44.6 Å². The highest BCUT2D eigenvalue weighted by Crippen LogP contribution is 2.28. The summed E-state index contributed by atoms with van der Waals surface area (Å²) in [6.45, 7) is 2.92. The molecule has 1 aromatic carbocycles. The van der Waals surface area contributed by atoms with Crippen LogP contribution in [0.15, 0.2) is 61.3 Å². The van der Waals surface area contributed by atoms with Gasteiger partial charge in [-0.05, 0) is 29.5 Å². The first kappa shape index (κ1) is 22.1. The van der Waals surface area contributed by atoms with E-state index in [2.05, 4.69) is 44.2 Å². The Hall–Kier alpha value is -3.11. The number of fused-ring (bicyclic) bond motifs is 1. The Kier molecular flexibility index (Phi) is 7.57. The van der Waals surface area contributed by atoms with Gasteiger partial charge >= 0.3 is 0 Å². The first-order valence-corrected chi connectivity index (χ1v) is 12.1. The molecular formula is C25H28N6S. The number of benzene rings is 1. The second-order valence-corrected chi connectivity index (χ2v) is 9.09. The lowest BCUT2D eigenvalue weighted by Gasteiger charge is -2.05. The molecule has 1 saturated carbocycles. The highest BCUT2D eigenvalue weighted by molar-refractivity contribution is 7.97. The molecule has 1 aliphatic carbocycles. The van der Waals surface area contributed by atoms with Crippen molar-refractivity contribution in [2.45, 2.75) is 51.3 Å². The minimum atomic E-state index is 0.437. The highest BCUT2D eigenvalue weighted by Gasteiger charge is 2.12. The molecular weight excluding hydrogens is 416 g/mol. The van der Waals surface area contributed by atoms with Gasteiger partial charge in [0, 0.05) is 29.1 Å². The Morgan fingerprint density at radius 2 is 1.94 bits per heavy atom. The summed E-state index contributed by atoms with van der Waals surface area (Å²) in [5.74, 6) is 1.92. The van der Waals surface area contributed by atoms with E-state index in [1.165, 1.54) is 31.2 Å². The lowest BCUT2D eigenvalue weighted by atomic mass is 10.2. The summed E-state index contributed by atoms with van der Waals surface area (Å²) < 4.78 is 3.85. The van der Waals surface area contributed by atoms with Crippen molar-refractivity contribution in [1.82, 2.24) is 23.7 Å². The molecule has 3 heterocycles. The second kappa shape index (κ2) is 11.0. The summed E-state index contributed by atoms with van der Waals surface area (Å²) in [6, 6.07) is 14.5. The summed E-state index contributed by atoms with van der Waals surface area (Å²) in [5, 5.41) is 14.0. The van der Waals surface area contributed by atoms with Crippen molar-refractivity contribution in [3.05, 3.63) is 66.9 Å². The van der Waals surface area contributed by atoms with Crippen LogP contribution < -0.4 is 0 Å². The average molecular weight is 445 g/mol. The van der Waals surface area contributed by atoms with Gasteiger partial charge in [-0.2, -0.15) is 10.4 Å². The van der Waals surface area contributed by atoms with Gasteiger partial charge in [0.25, 0.3) is 0 Å². The van der Waals surface area contributed by atoms with Gasteiger partial charge in [0.15, 0.2) is 5.65 Å². The first-order valence-electron chi connectivity index (χ1n) is 11.1. The molecule has 0 radical (unpaired) electrons. The molecule has 5 rings (SSSR count). The Balaban J connectivity index is 0.000000354. The molecule has 1 fully saturated rings. The van der Waals surface area contributed by atoms with Crippen molar-refractivity contribution < 1.29 is 0 Å². The summed E-state index contributed by atoms with van der Waals surface area (Å²) in [5.41, 5.74) is 3.95. The maximum atomic E-state index is 8.71. The first-order chi connectivity index (χ1) is 15.7. The third-order valence-corrected chi connectivity index (χ3v) is 6.70. The van der Waals surface area contributed by atoms with Gasteiger partial charge in [-0.15, -0.1) is 0 Å². The molecule has 7 heteroatoms. The highest BCUT2D eigenvalue weighted by atomic mass is 32.2. The van der Waals surface area contributed by atoms with Crippen LogP contribution in [0.3, 0.4) is 0 Å². The van der Waals surface area contributed by atoms with Crippen LogP contribution in [0.2, 0.25) is 0 Å². The lowest BCUT2D eigenvalue weighted by molar-refractivity contribution is 0.612. The predicted molar refractivity (Wildman–Crippen MR) is 130 cm³/mol. The number of nitrogens with zero attached hydrogens (tertiary/aromatic N) is 6. The van der Waals surface area contributed by atoms with Crippen molar-refractivity contribution in [2.24, 2.45) is 5.92 Å². The van der Waals surface area contributed by atoms with Crippen molar-refractivity contribution in [3.8, 4) is 17.3 Å². The standard InChI is InChI=1S/C19H16N6S.C6H12/c20-8-4-9-24-12-16(11-23-24)18-17-7-10-25(19(17)22-14-21-18)26-13-15-5-2-1-3-6-15;1-6-4-2-3-5-6/h1-3,5-7,10-12,14H,4,9,13H2;6H,2-5H2,1H3. The maximum Gasteiger partial charge on any atom is 0.154 e. The van der Waals surface area contributed by atoms with Crippen molar-refractivity contribution in [2.75, 3.05) is 0 Å². The van der Waals surface area contributed by atoms with Gasteiger partial charge in [0.05, 0.1) is 30.9 Å². The minimum absolute atomic E-state index is 0.437. The van der Waals surface area contributed by atoms with E-state index in [0.29, 0.717) is 13.0 Å². The van der Waals surface area contributed by atoms with E-state index in [1.54, 1.807) is 29.2 Å². The monoisotopic (exact) mass is 444 g/mol. The molecule has 32 heavy (non-hydrogen) atoms. The normalized spacial score (nSPS) is 13.6. The fraction of sp³-hybridized carbons (Fsp3) is 0.360. The SMILES string of the molecule is CC1CCCC1.N#CCCn1cc(-c2ncnc3c2ccn3SCc2ccccc2)cn1. The van der Waals surface area contributed by atoms with Crippen LogP contribution in [-0.4, -0.2) is 23.7 Å². The van der Waals surface area contributed by atoms with Gasteiger partial charge in [-0.1, -0.05) is 62.9 Å². The maximum absolute atomic E-state index is 8.71. The summed E-state index contributed by atoms with van der Waals surface area (Å²) >= 11 is 1.70. The smallest absolute Gasteiger partial charge is 0.154 e. The van der Waals surface area contributed by atoms with Crippen molar-refractivity contribution >= 4 is 23.0 Å². The van der Waals surface area contributed by atoms with Crippen LogP contribution in [-0.2, 0) is 12.3 Å². The molecule has 3 aromatic heterocycles. The summed E-state index contributed by atoms with van der Waals surface area (Å²) in [7, 11) is 0. The Labute approximate surface area is 193 Å². The number of aryl methyl sites for hydroxylation is 1. The summed E-state index contributed by atoms with van der Waals surface area (Å²) in [6.07, 6.45) is 13.7. The summed E-state index contributed by atoms with van der Waals surface area (Å²) in [4.78, 5) is 8.91. The number of nitriles is 1. The molecule has 0 unspecified atom stereocenters. The molecule has 0 atom stereocenters. The Morgan fingerprint density at radius 3 is 2.66 bits per heavy atom. The van der Waals surface area contributed by atoms with E-state index >= 15 is 0 Å². The molecule has 0 bridgehead atoms. The third kappa shape index (κ3) is 5.57. The molecule has 0 amide bonds. The van der Waals surface area contributed by atoms with E-state index in [4.69, 9.17) is 5.26 Å². The molecule has 6 nitrogen and oxygen atoms in total. The zero-order valence-electron chi connectivity index (χ0n) is 18.4. The van der Waals surface area contributed by atoms with E-state index in [1.807, 2.05) is 36.7 Å². The van der Waals surface area contributed by atoms with Crippen molar-refractivity contribution in [3.63, 3.8) is 0 Å². The fourth-order valence-electron chi connectivity index (χ4n) is 3.88. The topological polar surface area (TPSA) is 72.3 Å². The average Bonchev–Trinajstić information content (AvgIpc) is 3.58. The quantitative estimate of drug-likeness (QED) is 0.359. The van der Waals surface area contributed by atoms with Gasteiger partial charge < -0.3 is 0 Å². The molecule has 0 saturated heterocycles. The number of hydrogen-bond donors (Lipinski definition) is 0. The van der Waals surface area contributed by atoms with Crippen molar-refractivity contribution in [1.29, 1.82) is 5.26 Å². The zero-order chi connectivity index (χ0) is 22.2. The van der Waals surface area contributed by atoms with Crippen LogP contribution >= 0.6 is 11.9 Å². The van der Waals surface area contributed by atoms with E-state index in [0.717, 1.165) is 34.0 Å². The largest absolute Gasteiger partial charge is 0.275 e. The zero-order valence-corrected chi connectivity index (χ0v) is 19.2. The Morgan fingerprint density at radius 1 is 1.12 bits per heavy atom. The van der Waals surface area contributed by atoms with Crippen LogP contribution in [0.25, 0.3) is 22.3 Å². The molecule has 0 N–H and O–H groups in total. The molecule has 0 spiro atoms. The second-order valence-electron chi connectivity index (χ2n) is 8.15. The van der Waals surface area contributed by atoms with Crippen LogP contribution in [0.4, 0.5) is 0 Å². The van der Waals surface area contributed by atoms with Gasteiger partial charge in [-0.3, -0.25) is 8.65 Å². The Bertz CT molecular complexity index is 1170. The molecule has 0 aliphatic heterocycles. The number of hydrogen-bond acceptors (Lipinski definition) is 5. The third-order valence-electron chi connectivity index (χ3n) is 5.66. The lowest BCUT2D eigenvalue weighted by Crippen LogP contribution is -1.96. The number of aromatic nitrogens is 5. The predicted octanol–water partition coefficient (Wildman–Crippen LogP) is 6.10. The van der Waals surface area contributed by atoms with E-state index in [9.17, 15) is 0 Å². The van der Waals surface area contributed by atoms with Crippen LogP contribution in [0, 0.1) is 17.2 Å². The van der Waals surface area contributed by atoms with Gasteiger partial charge in [-0.25, -0.2) is 9.97 Å². The fourth-order valence-corrected chi connectivity index (χ4v) is 4.78. The van der Waals surface area contributed by atoms with E-state index in [-0.39, 0.29) is 0 Å². The molecule has 4 aromatic rings. The molecule has 164 valence electrons. The number of rotatable bonds is 6. The van der Waals surface area contributed by atoms with Gasteiger partial charge in [0.1, 0.15) is 6.33 Å². The van der Waals surface area contributed by atoms with E-state index < -0.39 is 0 Å². The molecule has 1 aliphatic rings. The minimum Gasteiger partial charge on any atom is -0.275 e. The van der Waals surface area contributed by atoms with Crippen LogP contribution in [0.5, 0.6) is 0 Å².